The van der Waals surface area contributed by atoms with E-state index in [-0.39, 0.29) is 0 Å². The molecule has 3 N–H and O–H groups in total. The van der Waals surface area contributed by atoms with Gasteiger partial charge in [-0.3, -0.25) is 0 Å². The first-order valence-electron chi connectivity index (χ1n) is 6.63. The third-order valence-electron chi connectivity index (χ3n) is 2.95. The second kappa shape index (κ2) is 7.08. The lowest BCUT2D eigenvalue weighted by Crippen LogP contribution is -2.50. The maximum Gasteiger partial charge on any atom is 0.326 e. The second-order valence-corrected chi connectivity index (χ2v) is 5.83. The number of hydrogen-bond donors (Lipinski definition) is 3. The SMILES string of the molecule is COCc1ccccc1NC(=O)N[C@H](C(=O)O)C(C)(C)C. The molecule has 0 spiro atoms. The highest BCUT2D eigenvalue weighted by atomic mass is 16.5. The average Bonchev–Trinajstić information content (AvgIpc) is 2.37. The van der Waals surface area contributed by atoms with Crippen molar-refractivity contribution in [2.45, 2.75) is 33.4 Å². The number of aliphatic carboxylic acids is 1. The van der Waals surface area contributed by atoms with Crippen LogP contribution in [0.25, 0.3) is 0 Å². The van der Waals surface area contributed by atoms with Crippen molar-refractivity contribution in [1.29, 1.82) is 0 Å². The molecule has 0 saturated heterocycles. The minimum Gasteiger partial charge on any atom is -0.480 e. The molecule has 0 aliphatic heterocycles. The fraction of sp³-hybridized carbons (Fsp3) is 0.467. The average molecular weight is 294 g/mol. The summed E-state index contributed by atoms with van der Waals surface area (Å²) in [5.41, 5.74) is 0.822. The monoisotopic (exact) mass is 294 g/mol. The largest absolute Gasteiger partial charge is 0.480 e. The van der Waals surface area contributed by atoms with Gasteiger partial charge in [0.2, 0.25) is 0 Å². The smallest absolute Gasteiger partial charge is 0.326 e. The number of hydrogen-bond acceptors (Lipinski definition) is 3. The number of carboxylic acids is 1. The van der Waals surface area contributed by atoms with E-state index < -0.39 is 23.5 Å². The van der Waals surface area contributed by atoms with Gasteiger partial charge in [-0.2, -0.15) is 0 Å². The number of benzene rings is 1. The number of carbonyl (C=O) groups is 2. The zero-order valence-electron chi connectivity index (χ0n) is 12.8. The normalized spacial score (nSPS) is 12.6. The number of amides is 2. The molecule has 1 atom stereocenters. The van der Waals surface area contributed by atoms with Gasteiger partial charge in [-0.15, -0.1) is 0 Å². The summed E-state index contributed by atoms with van der Waals surface area (Å²) in [6, 6.07) is 5.66. The summed E-state index contributed by atoms with van der Waals surface area (Å²) < 4.78 is 5.06. The minimum atomic E-state index is -1.07. The molecular weight excluding hydrogens is 272 g/mol. The lowest BCUT2D eigenvalue weighted by molar-refractivity contribution is -0.141. The van der Waals surface area contributed by atoms with Crippen molar-refractivity contribution in [2.75, 3.05) is 12.4 Å². The van der Waals surface area contributed by atoms with Crippen molar-refractivity contribution in [2.24, 2.45) is 5.41 Å². The van der Waals surface area contributed by atoms with E-state index in [2.05, 4.69) is 10.6 Å². The Morgan fingerprint density at radius 2 is 1.90 bits per heavy atom. The summed E-state index contributed by atoms with van der Waals surface area (Å²) in [4.78, 5) is 23.2. The molecule has 0 aliphatic rings. The Morgan fingerprint density at radius 1 is 1.29 bits per heavy atom. The Hall–Kier alpha value is -2.08. The molecule has 1 aromatic rings. The number of nitrogens with one attached hydrogen (secondary N) is 2. The van der Waals surface area contributed by atoms with Crippen LogP contribution in [0.3, 0.4) is 0 Å². The predicted octanol–water partition coefficient (Wildman–Crippen LogP) is 2.45. The van der Waals surface area contributed by atoms with Crippen LogP contribution < -0.4 is 10.6 Å². The van der Waals surface area contributed by atoms with E-state index >= 15 is 0 Å². The van der Waals surface area contributed by atoms with E-state index in [1.54, 1.807) is 40.0 Å². The van der Waals surface area contributed by atoms with Gasteiger partial charge in [-0.1, -0.05) is 39.0 Å². The quantitative estimate of drug-likeness (QED) is 0.778. The molecule has 0 fully saturated rings. The molecule has 116 valence electrons. The van der Waals surface area contributed by atoms with Gasteiger partial charge in [0.1, 0.15) is 6.04 Å². The Morgan fingerprint density at radius 3 is 2.43 bits per heavy atom. The van der Waals surface area contributed by atoms with E-state index in [9.17, 15) is 14.7 Å². The van der Waals surface area contributed by atoms with Crippen molar-refractivity contribution in [3.8, 4) is 0 Å². The number of carbonyl (C=O) groups excluding carboxylic acids is 1. The molecule has 1 rings (SSSR count). The Labute approximate surface area is 124 Å². The van der Waals surface area contributed by atoms with Crippen LogP contribution in [0.2, 0.25) is 0 Å². The summed E-state index contributed by atoms with van der Waals surface area (Å²) in [5.74, 6) is -1.07. The maximum atomic E-state index is 12.0. The van der Waals surface area contributed by atoms with Gasteiger partial charge in [-0.25, -0.2) is 9.59 Å². The van der Waals surface area contributed by atoms with Crippen molar-refractivity contribution < 1.29 is 19.4 Å². The molecule has 6 nitrogen and oxygen atoms in total. The van der Waals surface area contributed by atoms with Gasteiger partial charge < -0.3 is 20.5 Å². The Balaban J connectivity index is 2.80. The van der Waals surface area contributed by atoms with E-state index in [1.807, 2.05) is 12.1 Å². The summed E-state index contributed by atoms with van der Waals surface area (Å²) in [7, 11) is 1.57. The van der Waals surface area contributed by atoms with E-state index in [1.165, 1.54) is 0 Å². The van der Waals surface area contributed by atoms with E-state index in [4.69, 9.17) is 4.74 Å². The van der Waals surface area contributed by atoms with Crippen molar-refractivity contribution >= 4 is 17.7 Å². The molecular formula is C15H22N2O4. The van der Waals surface area contributed by atoms with Gasteiger partial charge in [-0.05, 0) is 11.5 Å². The van der Waals surface area contributed by atoms with E-state index in [0.717, 1.165) is 5.56 Å². The van der Waals surface area contributed by atoms with Crippen LogP contribution >= 0.6 is 0 Å². The fourth-order valence-corrected chi connectivity index (χ4v) is 1.86. The zero-order chi connectivity index (χ0) is 16.0. The van der Waals surface area contributed by atoms with Crippen LogP contribution in [-0.4, -0.2) is 30.3 Å². The van der Waals surface area contributed by atoms with Crippen molar-refractivity contribution in [3.05, 3.63) is 29.8 Å². The van der Waals surface area contributed by atoms with Crippen LogP contribution in [0.5, 0.6) is 0 Å². The van der Waals surface area contributed by atoms with Crippen molar-refractivity contribution in [3.63, 3.8) is 0 Å². The summed E-state index contributed by atoms with van der Waals surface area (Å²) >= 11 is 0. The highest BCUT2D eigenvalue weighted by molar-refractivity contribution is 5.93. The lowest BCUT2D eigenvalue weighted by Gasteiger charge is -2.27. The van der Waals surface area contributed by atoms with Gasteiger partial charge in [0.15, 0.2) is 0 Å². The predicted molar refractivity (Wildman–Crippen MR) is 80.2 cm³/mol. The molecule has 0 bridgehead atoms. The van der Waals surface area contributed by atoms with Crippen LogP contribution in [0, 0.1) is 5.41 Å². The molecule has 0 aliphatic carbocycles. The molecule has 0 heterocycles. The summed E-state index contributed by atoms with van der Waals surface area (Å²) in [6.45, 7) is 5.62. The first-order chi connectivity index (χ1) is 9.75. The molecule has 0 saturated carbocycles. The minimum absolute atomic E-state index is 0.359. The van der Waals surface area contributed by atoms with Crippen molar-refractivity contribution in [1.82, 2.24) is 5.32 Å². The van der Waals surface area contributed by atoms with Gasteiger partial charge in [0.25, 0.3) is 0 Å². The third kappa shape index (κ3) is 5.07. The van der Waals surface area contributed by atoms with Gasteiger partial charge >= 0.3 is 12.0 Å². The number of anilines is 1. The number of ether oxygens (including phenoxy) is 1. The molecule has 0 radical (unpaired) electrons. The second-order valence-electron chi connectivity index (χ2n) is 5.83. The van der Waals surface area contributed by atoms with Crippen LogP contribution in [0.4, 0.5) is 10.5 Å². The highest BCUT2D eigenvalue weighted by Crippen LogP contribution is 2.20. The molecule has 0 unspecified atom stereocenters. The molecule has 0 aromatic heterocycles. The standard InChI is InChI=1S/C15H22N2O4/c1-15(2,3)12(13(18)19)17-14(20)16-11-8-6-5-7-10(11)9-21-4/h5-8,12H,9H2,1-4H3,(H,18,19)(H2,16,17,20)/t12-/m1/s1. The lowest BCUT2D eigenvalue weighted by atomic mass is 9.87. The Bertz CT molecular complexity index is 509. The highest BCUT2D eigenvalue weighted by Gasteiger charge is 2.32. The van der Waals surface area contributed by atoms with Gasteiger partial charge in [0.05, 0.1) is 6.61 Å². The maximum absolute atomic E-state index is 12.0. The van der Waals surface area contributed by atoms with Crippen LogP contribution in [0.15, 0.2) is 24.3 Å². The Kier molecular flexibility index (Phi) is 5.72. The van der Waals surface area contributed by atoms with Crippen LogP contribution in [0.1, 0.15) is 26.3 Å². The number of urea groups is 1. The molecule has 21 heavy (non-hydrogen) atoms. The fourth-order valence-electron chi connectivity index (χ4n) is 1.86. The summed E-state index contributed by atoms with van der Waals surface area (Å²) in [5, 5.41) is 14.3. The van der Waals surface area contributed by atoms with Crippen LogP contribution in [-0.2, 0) is 16.1 Å². The first-order valence-corrected chi connectivity index (χ1v) is 6.63. The topological polar surface area (TPSA) is 87.7 Å². The molecule has 1 aromatic carbocycles. The van der Waals surface area contributed by atoms with Gasteiger partial charge in [0, 0.05) is 18.4 Å². The number of para-hydroxylation sites is 1. The number of rotatable bonds is 5. The number of methoxy groups -OCH3 is 1. The molecule has 6 heteroatoms. The van der Waals surface area contributed by atoms with E-state index in [0.29, 0.717) is 12.3 Å². The molecule has 2 amide bonds. The summed E-state index contributed by atoms with van der Waals surface area (Å²) in [6.07, 6.45) is 0. The first kappa shape index (κ1) is 17.0. The number of carboxylic acid groups (broad SMARTS) is 1. The third-order valence-corrected chi connectivity index (χ3v) is 2.95. The zero-order valence-corrected chi connectivity index (χ0v) is 12.8.